The molecule has 128 valence electrons. The lowest BCUT2D eigenvalue weighted by Crippen LogP contribution is -2.12. The van der Waals surface area contributed by atoms with E-state index in [0.29, 0.717) is 5.92 Å². The number of nitrogens with zero attached hydrogens (tertiary/aromatic N) is 1. The van der Waals surface area contributed by atoms with E-state index in [9.17, 15) is 0 Å². The van der Waals surface area contributed by atoms with Gasteiger partial charge in [0.15, 0.2) is 0 Å². The fourth-order valence-electron chi connectivity index (χ4n) is 3.44. The standard InChI is InChI=1S/C23H26N2/c1-16-17(2)19(4)22(18(16)3)15-23(20-11-7-5-8-12-20)25-24-21-13-9-6-10-14-21/h5-14,22,24H,15H2,1-4H3. The van der Waals surface area contributed by atoms with Gasteiger partial charge in [-0.15, -0.1) is 0 Å². The van der Waals surface area contributed by atoms with Crippen LogP contribution in [0, 0.1) is 5.92 Å². The van der Waals surface area contributed by atoms with Crippen molar-refractivity contribution in [3.05, 3.63) is 88.5 Å². The van der Waals surface area contributed by atoms with Gasteiger partial charge in [-0.25, -0.2) is 0 Å². The first-order valence-electron chi connectivity index (χ1n) is 8.86. The van der Waals surface area contributed by atoms with Crippen molar-refractivity contribution in [3.63, 3.8) is 0 Å². The number of rotatable bonds is 5. The van der Waals surface area contributed by atoms with Crippen LogP contribution >= 0.6 is 0 Å². The number of hydrogen-bond donors (Lipinski definition) is 1. The van der Waals surface area contributed by atoms with Crippen molar-refractivity contribution in [2.75, 3.05) is 5.43 Å². The average molecular weight is 330 g/mol. The van der Waals surface area contributed by atoms with E-state index in [1.54, 1.807) is 0 Å². The fourth-order valence-corrected chi connectivity index (χ4v) is 3.44. The Kier molecular flexibility index (Phi) is 5.18. The predicted octanol–water partition coefficient (Wildman–Crippen LogP) is 6.20. The van der Waals surface area contributed by atoms with Gasteiger partial charge in [0.05, 0.1) is 11.4 Å². The van der Waals surface area contributed by atoms with E-state index in [-0.39, 0.29) is 0 Å². The number of hydrazone groups is 1. The summed E-state index contributed by atoms with van der Waals surface area (Å²) < 4.78 is 0. The minimum absolute atomic E-state index is 0.441. The molecule has 2 aromatic rings. The molecule has 25 heavy (non-hydrogen) atoms. The molecular formula is C23H26N2. The summed E-state index contributed by atoms with van der Waals surface area (Å²) in [6.45, 7) is 8.98. The quantitative estimate of drug-likeness (QED) is 0.512. The Morgan fingerprint density at radius 1 is 0.800 bits per heavy atom. The van der Waals surface area contributed by atoms with E-state index in [1.807, 2.05) is 36.4 Å². The summed E-state index contributed by atoms with van der Waals surface area (Å²) in [6.07, 6.45) is 0.913. The monoisotopic (exact) mass is 330 g/mol. The van der Waals surface area contributed by atoms with E-state index < -0.39 is 0 Å². The van der Waals surface area contributed by atoms with Crippen LogP contribution in [0.2, 0.25) is 0 Å². The first-order chi connectivity index (χ1) is 12.1. The number of benzene rings is 2. The van der Waals surface area contributed by atoms with Crippen LogP contribution < -0.4 is 5.43 Å². The number of allylic oxidation sites excluding steroid dienone is 4. The molecule has 0 spiro atoms. The largest absolute Gasteiger partial charge is 0.278 e. The molecule has 0 saturated heterocycles. The second kappa shape index (κ2) is 7.52. The lowest BCUT2D eigenvalue weighted by Gasteiger charge is -2.17. The van der Waals surface area contributed by atoms with Crippen molar-refractivity contribution >= 4 is 11.4 Å². The second-order valence-electron chi connectivity index (χ2n) is 6.78. The molecule has 2 heteroatoms. The molecule has 0 atom stereocenters. The summed E-state index contributed by atoms with van der Waals surface area (Å²) in [5.74, 6) is 0.441. The predicted molar refractivity (Wildman–Crippen MR) is 108 cm³/mol. The topological polar surface area (TPSA) is 24.4 Å². The van der Waals surface area contributed by atoms with Gasteiger partial charge in [-0.05, 0) is 56.5 Å². The third-order valence-corrected chi connectivity index (χ3v) is 5.39. The molecule has 0 amide bonds. The molecule has 1 aliphatic carbocycles. The molecule has 0 saturated carbocycles. The molecule has 0 heterocycles. The molecular weight excluding hydrogens is 304 g/mol. The molecule has 0 radical (unpaired) electrons. The number of nitrogens with one attached hydrogen (secondary N) is 1. The highest BCUT2D eigenvalue weighted by molar-refractivity contribution is 6.01. The Balaban J connectivity index is 1.90. The highest BCUT2D eigenvalue weighted by Gasteiger charge is 2.26. The van der Waals surface area contributed by atoms with Gasteiger partial charge in [0.2, 0.25) is 0 Å². The minimum Gasteiger partial charge on any atom is -0.278 e. The maximum atomic E-state index is 4.77. The lowest BCUT2D eigenvalue weighted by atomic mass is 9.89. The molecule has 2 nitrogen and oxygen atoms in total. The fraction of sp³-hybridized carbons (Fsp3) is 0.261. The Bertz CT molecular complexity index is 803. The highest BCUT2D eigenvalue weighted by Crippen LogP contribution is 2.39. The maximum absolute atomic E-state index is 4.77. The third-order valence-electron chi connectivity index (χ3n) is 5.39. The summed E-state index contributed by atoms with van der Waals surface area (Å²) >= 11 is 0. The molecule has 0 aliphatic heterocycles. The maximum Gasteiger partial charge on any atom is 0.0688 e. The average Bonchev–Trinajstić information content (AvgIpc) is 2.84. The van der Waals surface area contributed by atoms with Crippen LogP contribution in [0.3, 0.4) is 0 Å². The van der Waals surface area contributed by atoms with Crippen LogP contribution in [0.15, 0.2) is 88.1 Å². The van der Waals surface area contributed by atoms with Gasteiger partial charge in [0.25, 0.3) is 0 Å². The molecule has 1 N–H and O–H groups in total. The van der Waals surface area contributed by atoms with Gasteiger partial charge in [0.1, 0.15) is 0 Å². The van der Waals surface area contributed by atoms with E-state index in [1.165, 1.54) is 27.9 Å². The zero-order chi connectivity index (χ0) is 17.8. The number of para-hydroxylation sites is 1. The molecule has 1 aliphatic rings. The zero-order valence-corrected chi connectivity index (χ0v) is 15.5. The summed E-state index contributed by atoms with van der Waals surface area (Å²) in [4.78, 5) is 0. The minimum atomic E-state index is 0.441. The smallest absolute Gasteiger partial charge is 0.0688 e. The van der Waals surface area contributed by atoms with Gasteiger partial charge in [0, 0.05) is 12.3 Å². The van der Waals surface area contributed by atoms with Crippen LogP contribution in [0.1, 0.15) is 39.7 Å². The molecule has 0 bridgehead atoms. The van der Waals surface area contributed by atoms with Crippen LogP contribution in [0.4, 0.5) is 5.69 Å². The number of anilines is 1. The van der Waals surface area contributed by atoms with Gasteiger partial charge in [-0.3, -0.25) is 5.43 Å². The normalized spacial score (nSPS) is 15.9. The van der Waals surface area contributed by atoms with Gasteiger partial charge < -0.3 is 0 Å². The van der Waals surface area contributed by atoms with E-state index in [4.69, 9.17) is 5.10 Å². The molecule has 0 fully saturated rings. The van der Waals surface area contributed by atoms with Gasteiger partial charge in [-0.1, -0.05) is 59.7 Å². The van der Waals surface area contributed by atoms with Crippen molar-refractivity contribution in [2.24, 2.45) is 11.0 Å². The van der Waals surface area contributed by atoms with Crippen molar-refractivity contribution in [1.29, 1.82) is 0 Å². The second-order valence-corrected chi connectivity index (χ2v) is 6.78. The summed E-state index contributed by atoms with van der Waals surface area (Å²) in [6, 6.07) is 20.6. The first kappa shape index (κ1) is 17.2. The van der Waals surface area contributed by atoms with E-state index in [0.717, 1.165) is 17.8 Å². The van der Waals surface area contributed by atoms with E-state index in [2.05, 4.69) is 57.4 Å². The molecule has 0 aromatic heterocycles. The van der Waals surface area contributed by atoms with Crippen LogP contribution in [0.5, 0.6) is 0 Å². The summed E-state index contributed by atoms with van der Waals surface area (Å²) in [5, 5.41) is 4.77. The summed E-state index contributed by atoms with van der Waals surface area (Å²) in [7, 11) is 0. The first-order valence-corrected chi connectivity index (χ1v) is 8.86. The lowest BCUT2D eigenvalue weighted by molar-refractivity contribution is 0.757. The Labute approximate surface area is 151 Å². The molecule has 3 rings (SSSR count). The highest BCUT2D eigenvalue weighted by atomic mass is 15.3. The van der Waals surface area contributed by atoms with Crippen molar-refractivity contribution in [3.8, 4) is 0 Å². The van der Waals surface area contributed by atoms with Gasteiger partial charge >= 0.3 is 0 Å². The zero-order valence-electron chi connectivity index (χ0n) is 15.5. The van der Waals surface area contributed by atoms with Crippen LogP contribution in [-0.4, -0.2) is 5.71 Å². The van der Waals surface area contributed by atoms with Crippen LogP contribution in [0.25, 0.3) is 0 Å². The SMILES string of the molecule is CC1=C(C)C(CC(=NNc2ccccc2)c2ccccc2)C(C)=C1C. The Morgan fingerprint density at radius 3 is 1.88 bits per heavy atom. The Hall–Kier alpha value is -2.61. The number of hydrogen-bond acceptors (Lipinski definition) is 2. The van der Waals surface area contributed by atoms with Crippen LogP contribution in [-0.2, 0) is 0 Å². The van der Waals surface area contributed by atoms with Crippen molar-refractivity contribution < 1.29 is 0 Å². The third kappa shape index (κ3) is 3.74. The van der Waals surface area contributed by atoms with Crippen molar-refractivity contribution in [1.82, 2.24) is 0 Å². The molecule has 0 unspecified atom stereocenters. The Morgan fingerprint density at radius 2 is 1.32 bits per heavy atom. The summed E-state index contributed by atoms with van der Waals surface area (Å²) in [5.41, 5.74) is 12.3. The molecule has 2 aromatic carbocycles. The van der Waals surface area contributed by atoms with E-state index >= 15 is 0 Å². The van der Waals surface area contributed by atoms with Gasteiger partial charge in [-0.2, -0.15) is 5.10 Å². The van der Waals surface area contributed by atoms with Crippen molar-refractivity contribution in [2.45, 2.75) is 34.1 Å².